The smallest absolute Gasteiger partial charge is 0.198 e. The third-order valence-corrected chi connectivity index (χ3v) is 18.0. The van der Waals surface area contributed by atoms with Gasteiger partial charge in [0.25, 0.3) is 0 Å². The summed E-state index contributed by atoms with van der Waals surface area (Å²) in [6, 6.07) is 51.8. The third-order valence-electron chi connectivity index (χ3n) is 18.0. The summed E-state index contributed by atoms with van der Waals surface area (Å²) in [5.74, 6) is 0. The summed E-state index contributed by atoms with van der Waals surface area (Å²) >= 11 is 0. The van der Waals surface area contributed by atoms with Gasteiger partial charge in [-0.2, -0.15) is 0 Å². The number of nitrogens with one attached hydrogen (secondary N) is 1. The SMILES string of the molecule is CC(C)(C)c1ccc(Nc2cc3oc4cc5c(cc4c3cc2-c2ccc3c4c6c(ccc4n4c3c2Bc2cc3c(cc2-4)C(C)(C)c2ccccc2-3)C(C)(C)c2ccccc2-6)C(C)(C)CCC5(C)C)cc1. The largest absolute Gasteiger partial charge is 0.456 e. The molecule has 0 radical (unpaired) electrons. The van der Waals surface area contributed by atoms with Crippen LogP contribution in [0.1, 0.15) is 128 Å². The first-order chi connectivity index (χ1) is 33.3. The minimum Gasteiger partial charge on any atom is -0.456 e. The van der Waals surface area contributed by atoms with Crippen molar-refractivity contribution < 1.29 is 4.42 Å². The molecule has 8 aromatic carbocycles. The van der Waals surface area contributed by atoms with Crippen LogP contribution in [0, 0.1) is 0 Å². The maximum absolute atomic E-state index is 6.99. The quantitative estimate of drug-likeness (QED) is 0.179. The number of hydrogen-bond donors (Lipinski definition) is 1. The minimum absolute atomic E-state index is 0.0574. The van der Waals surface area contributed by atoms with E-state index in [0.29, 0.717) is 0 Å². The first-order valence-corrected chi connectivity index (χ1v) is 25.8. The molecule has 0 bridgehead atoms. The highest BCUT2D eigenvalue weighted by molar-refractivity contribution is 6.73. The topological polar surface area (TPSA) is 30.1 Å². The predicted molar refractivity (Wildman–Crippen MR) is 299 cm³/mol. The Morgan fingerprint density at radius 2 is 1.17 bits per heavy atom. The Bertz CT molecular complexity index is 3970. The Morgan fingerprint density at radius 1 is 0.529 bits per heavy atom. The molecule has 0 atom stereocenters. The first kappa shape index (κ1) is 42.1. The number of hydrogen-bond acceptors (Lipinski definition) is 2. The van der Waals surface area contributed by atoms with Crippen molar-refractivity contribution in [2.45, 2.75) is 116 Å². The van der Waals surface area contributed by atoms with Crippen molar-refractivity contribution in [1.82, 2.24) is 4.57 Å². The van der Waals surface area contributed by atoms with E-state index in [1.165, 1.54) is 123 Å². The molecule has 0 amide bonds. The normalized spacial score (nSPS) is 17.2. The second-order valence-electron chi connectivity index (χ2n) is 24.9. The number of aromatic nitrogens is 1. The van der Waals surface area contributed by atoms with E-state index in [-0.39, 0.29) is 27.1 Å². The molecule has 1 N–H and O–H groups in total. The Balaban J connectivity index is 1.08. The van der Waals surface area contributed by atoms with Crippen LogP contribution in [0.3, 0.4) is 0 Å². The lowest BCUT2D eigenvalue weighted by Gasteiger charge is -2.41. The Morgan fingerprint density at radius 3 is 1.90 bits per heavy atom. The summed E-state index contributed by atoms with van der Waals surface area (Å²) in [6.07, 6.45) is 2.33. The van der Waals surface area contributed by atoms with Gasteiger partial charge in [0.2, 0.25) is 0 Å². The average molecular weight is 909 g/mol. The van der Waals surface area contributed by atoms with Crippen molar-refractivity contribution >= 4 is 73.3 Å². The number of fused-ring (bicyclic) bond motifs is 16. The van der Waals surface area contributed by atoms with Crippen LogP contribution in [-0.4, -0.2) is 11.8 Å². The maximum atomic E-state index is 6.99. The molecule has 3 heterocycles. The first-order valence-electron chi connectivity index (χ1n) is 25.8. The van der Waals surface area contributed by atoms with Crippen LogP contribution in [0.2, 0.25) is 0 Å². The Labute approximate surface area is 413 Å². The summed E-state index contributed by atoms with van der Waals surface area (Å²) < 4.78 is 9.65. The van der Waals surface area contributed by atoms with Crippen molar-refractivity contribution in [3.05, 3.63) is 172 Å². The van der Waals surface area contributed by atoms with Gasteiger partial charge in [0.15, 0.2) is 7.28 Å². The van der Waals surface area contributed by atoms with Crippen LogP contribution < -0.4 is 16.2 Å². The van der Waals surface area contributed by atoms with E-state index in [1.54, 1.807) is 0 Å². The van der Waals surface area contributed by atoms with Gasteiger partial charge in [0.05, 0.1) is 11.2 Å². The van der Waals surface area contributed by atoms with E-state index in [1.807, 2.05) is 0 Å². The summed E-state index contributed by atoms with van der Waals surface area (Å²) in [5, 5.41) is 9.03. The molecule has 2 aromatic heterocycles. The molecule has 0 fully saturated rings. The second-order valence-corrected chi connectivity index (χ2v) is 24.9. The number of furan rings is 1. The molecule has 3 aliphatic carbocycles. The number of benzene rings is 8. The highest BCUT2D eigenvalue weighted by Crippen LogP contribution is 2.55. The lowest BCUT2D eigenvalue weighted by atomic mass is 9.58. The molecule has 3 nitrogen and oxygen atoms in total. The lowest BCUT2D eigenvalue weighted by Crippen LogP contribution is -2.37. The maximum Gasteiger partial charge on any atom is 0.198 e. The van der Waals surface area contributed by atoms with Crippen LogP contribution >= 0.6 is 0 Å². The Kier molecular flexibility index (Phi) is 8.15. The highest BCUT2D eigenvalue weighted by Gasteiger charge is 2.42. The standard InChI is InChI=1S/C66H61BN2O/c1-62(2,3)36-20-22-37(23-21-36)68-53-35-57-44(45-31-50-51(34-56(45)70-57)64(6,7)29-28-63(50,4)5)30-43(53)39-24-25-41-59-54(27-26-48-58(59)40-17-13-15-19-47(40)65(48,8)9)69-55-33-49-42(32-52(55)67-60(39)61(41)69)38-16-12-14-18-46(38)66(49,10)11/h12-27,30-35,67-68H,28-29H2,1-11H3. The number of rotatable bonds is 3. The molecule has 0 unspecified atom stereocenters. The van der Waals surface area contributed by atoms with E-state index in [0.717, 1.165) is 41.6 Å². The molecular formula is C66H61BN2O. The molecule has 0 saturated heterocycles. The fraction of sp³-hybridized carbons (Fsp3) is 0.273. The Hall–Kier alpha value is -6.78. The van der Waals surface area contributed by atoms with Crippen molar-refractivity contribution in [2.75, 3.05) is 5.32 Å². The van der Waals surface area contributed by atoms with E-state index < -0.39 is 0 Å². The summed E-state index contributed by atoms with van der Waals surface area (Å²) in [7, 11) is 0.819. The molecule has 4 heteroatoms. The van der Waals surface area contributed by atoms with Crippen LogP contribution in [-0.2, 0) is 27.1 Å². The van der Waals surface area contributed by atoms with Gasteiger partial charge in [-0.3, -0.25) is 0 Å². The van der Waals surface area contributed by atoms with E-state index in [9.17, 15) is 0 Å². The van der Waals surface area contributed by atoms with Crippen molar-refractivity contribution in [1.29, 1.82) is 0 Å². The van der Waals surface area contributed by atoms with Gasteiger partial charge in [-0.15, -0.1) is 0 Å². The van der Waals surface area contributed by atoms with Crippen molar-refractivity contribution in [3.8, 4) is 39.1 Å². The zero-order valence-corrected chi connectivity index (χ0v) is 42.7. The number of anilines is 2. The van der Waals surface area contributed by atoms with Gasteiger partial charge in [-0.1, -0.05) is 167 Å². The zero-order chi connectivity index (χ0) is 48.2. The van der Waals surface area contributed by atoms with Crippen LogP contribution in [0.4, 0.5) is 11.4 Å². The summed E-state index contributed by atoms with van der Waals surface area (Å²) in [5.41, 5.74) is 28.3. The van der Waals surface area contributed by atoms with Crippen molar-refractivity contribution in [3.63, 3.8) is 0 Å². The molecule has 344 valence electrons. The molecule has 0 spiro atoms. The monoisotopic (exact) mass is 908 g/mol. The van der Waals surface area contributed by atoms with Gasteiger partial charge in [-0.25, -0.2) is 0 Å². The van der Waals surface area contributed by atoms with Crippen LogP contribution in [0.15, 0.2) is 138 Å². The molecule has 1 aliphatic heterocycles. The molecule has 14 rings (SSSR count). The summed E-state index contributed by atoms with van der Waals surface area (Å²) in [6.45, 7) is 26.1. The zero-order valence-electron chi connectivity index (χ0n) is 42.7. The fourth-order valence-electron chi connectivity index (χ4n) is 13.9. The minimum atomic E-state index is -0.117. The molecule has 70 heavy (non-hydrogen) atoms. The predicted octanol–water partition coefficient (Wildman–Crippen LogP) is 16.1. The van der Waals surface area contributed by atoms with E-state index >= 15 is 0 Å². The third kappa shape index (κ3) is 5.54. The van der Waals surface area contributed by atoms with Gasteiger partial charge < -0.3 is 14.3 Å². The molecular weight excluding hydrogens is 848 g/mol. The summed E-state index contributed by atoms with van der Waals surface area (Å²) in [4.78, 5) is 0. The fourth-order valence-corrected chi connectivity index (χ4v) is 13.9. The van der Waals surface area contributed by atoms with E-state index in [4.69, 9.17) is 4.42 Å². The highest BCUT2D eigenvalue weighted by atomic mass is 16.3. The van der Waals surface area contributed by atoms with Gasteiger partial charge >= 0.3 is 0 Å². The van der Waals surface area contributed by atoms with Crippen molar-refractivity contribution in [2.24, 2.45) is 0 Å². The van der Waals surface area contributed by atoms with Crippen LogP contribution in [0.25, 0.3) is 82.8 Å². The van der Waals surface area contributed by atoms with Gasteiger partial charge in [-0.05, 0) is 144 Å². The number of nitrogens with zero attached hydrogens (tertiary/aromatic N) is 1. The second kappa shape index (κ2) is 13.5. The van der Waals surface area contributed by atoms with Gasteiger partial charge in [0, 0.05) is 60.9 Å². The van der Waals surface area contributed by atoms with E-state index in [2.05, 4.69) is 220 Å². The molecule has 0 saturated carbocycles. The van der Waals surface area contributed by atoms with Gasteiger partial charge in [0.1, 0.15) is 11.2 Å². The lowest BCUT2D eigenvalue weighted by molar-refractivity contribution is 0.332. The molecule has 10 aromatic rings. The molecule has 4 aliphatic rings. The van der Waals surface area contributed by atoms with Crippen LogP contribution in [0.5, 0.6) is 0 Å². The average Bonchev–Trinajstić information content (AvgIpc) is 4.00.